The molecule has 0 saturated carbocycles. The number of methoxy groups -OCH3 is 1. The summed E-state index contributed by atoms with van der Waals surface area (Å²) in [5.41, 5.74) is 0.539. The molecule has 1 atom stereocenters. The topological polar surface area (TPSA) is 55.8 Å². The molecule has 0 amide bonds. The first-order valence-electron chi connectivity index (χ1n) is 7.72. The normalized spacial score (nSPS) is 17.7. The van der Waals surface area contributed by atoms with Gasteiger partial charge in [-0.2, -0.15) is 0 Å². The molecule has 1 aromatic carbocycles. The number of carbonyl (C=O) groups is 1. The average molecular weight is 334 g/mol. The van der Waals surface area contributed by atoms with Gasteiger partial charge in [-0.25, -0.2) is 4.79 Å². The number of thioether (sulfide) groups is 1. The predicted molar refractivity (Wildman–Crippen MR) is 92.6 cm³/mol. The van der Waals surface area contributed by atoms with E-state index in [4.69, 9.17) is 9.47 Å². The number of carbonyl (C=O) groups excluding carboxylic acids is 1. The van der Waals surface area contributed by atoms with E-state index in [2.05, 4.69) is 6.92 Å². The minimum Gasteiger partial charge on any atom is -0.508 e. The summed E-state index contributed by atoms with van der Waals surface area (Å²) in [6, 6.07) is 9.28. The van der Waals surface area contributed by atoms with Crippen LogP contribution in [0.5, 0.6) is 5.75 Å². The molecule has 0 radical (unpaired) electrons. The van der Waals surface area contributed by atoms with Gasteiger partial charge in [0.1, 0.15) is 11.5 Å². The molecule has 0 heterocycles. The number of allylic oxidation sites excluding steroid dienone is 1. The number of ether oxygens (including phenoxy) is 2. The maximum atomic E-state index is 12.1. The van der Waals surface area contributed by atoms with E-state index in [0.717, 1.165) is 18.6 Å². The van der Waals surface area contributed by atoms with Crippen LogP contribution in [0.4, 0.5) is 0 Å². The zero-order valence-corrected chi connectivity index (χ0v) is 14.3. The van der Waals surface area contributed by atoms with Crippen molar-refractivity contribution in [2.75, 3.05) is 12.9 Å². The fourth-order valence-electron chi connectivity index (χ4n) is 2.25. The van der Waals surface area contributed by atoms with Crippen LogP contribution in [0.3, 0.4) is 0 Å². The highest BCUT2D eigenvalue weighted by Gasteiger charge is 2.33. The molecule has 1 aliphatic rings. The Balaban J connectivity index is 2.24. The lowest BCUT2D eigenvalue weighted by Gasteiger charge is -2.26. The van der Waals surface area contributed by atoms with Crippen molar-refractivity contribution >= 4 is 17.7 Å². The molecule has 0 saturated heterocycles. The Hall–Kier alpha value is -1.88. The minimum atomic E-state index is -0.374. The first-order valence-corrected chi connectivity index (χ1v) is 8.77. The van der Waals surface area contributed by atoms with Crippen LogP contribution in [-0.2, 0) is 9.53 Å². The SMILES string of the molecule is CCCCSC1C(C(=O)OC)=CCC(O)=C1Oc1ccccc1. The molecule has 1 unspecified atom stereocenters. The first-order chi connectivity index (χ1) is 11.2. The first kappa shape index (κ1) is 17.5. The number of unbranched alkanes of at least 4 members (excludes halogenated alkanes) is 1. The number of hydrogen-bond donors (Lipinski definition) is 1. The second-order valence-electron chi connectivity index (χ2n) is 5.19. The van der Waals surface area contributed by atoms with E-state index in [9.17, 15) is 9.90 Å². The Kier molecular flexibility index (Phi) is 6.59. The predicted octanol–water partition coefficient (Wildman–Crippen LogP) is 4.24. The third kappa shape index (κ3) is 4.55. The van der Waals surface area contributed by atoms with E-state index >= 15 is 0 Å². The van der Waals surface area contributed by atoms with E-state index in [-0.39, 0.29) is 23.4 Å². The summed E-state index contributed by atoms with van der Waals surface area (Å²) in [6.07, 6.45) is 4.11. The second-order valence-corrected chi connectivity index (χ2v) is 6.40. The van der Waals surface area contributed by atoms with Crippen molar-refractivity contribution in [1.29, 1.82) is 0 Å². The Morgan fingerprint density at radius 2 is 2.09 bits per heavy atom. The summed E-state index contributed by atoms with van der Waals surface area (Å²) in [4.78, 5) is 12.1. The van der Waals surface area contributed by atoms with Gasteiger partial charge in [-0.1, -0.05) is 37.6 Å². The van der Waals surface area contributed by atoms with Crippen LogP contribution in [-0.4, -0.2) is 29.2 Å². The number of rotatable bonds is 7. The van der Waals surface area contributed by atoms with Gasteiger partial charge in [0.2, 0.25) is 0 Å². The van der Waals surface area contributed by atoms with Crippen LogP contribution in [0, 0.1) is 0 Å². The standard InChI is InChI=1S/C18H22O4S/c1-3-4-12-23-17-14(18(20)21-2)10-11-15(19)16(17)22-13-8-6-5-7-9-13/h5-10,17,19H,3-4,11-12H2,1-2H3. The van der Waals surface area contributed by atoms with Crippen molar-refractivity contribution in [2.45, 2.75) is 31.4 Å². The van der Waals surface area contributed by atoms with Crippen molar-refractivity contribution in [3.05, 3.63) is 53.5 Å². The monoisotopic (exact) mass is 334 g/mol. The molecule has 1 N–H and O–H groups in total. The summed E-state index contributed by atoms with van der Waals surface area (Å²) in [7, 11) is 1.37. The van der Waals surface area contributed by atoms with Gasteiger partial charge < -0.3 is 14.6 Å². The minimum absolute atomic E-state index is 0.163. The molecule has 0 aromatic heterocycles. The van der Waals surface area contributed by atoms with E-state index in [1.165, 1.54) is 7.11 Å². The Morgan fingerprint density at radius 1 is 1.35 bits per heavy atom. The van der Waals surface area contributed by atoms with E-state index in [1.807, 2.05) is 30.3 Å². The van der Waals surface area contributed by atoms with Gasteiger partial charge >= 0.3 is 5.97 Å². The third-order valence-electron chi connectivity index (χ3n) is 3.49. The number of esters is 1. The fourth-order valence-corrected chi connectivity index (χ4v) is 3.65. The molecule has 0 aliphatic heterocycles. The molecule has 0 fully saturated rings. The third-order valence-corrected chi connectivity index (χ3v) is 4.82. The lowest BCUT2D eigenvalue weighted by molar-refractivity contribution is -0.136. The molecule has 4 nitrogen and oxygen atoms in total. The summed E-state index contributed by atoms with van der Waals surface area (Å²) in [6.45, 7) is 2.12. The lowest BCUT2D eigenvalue weighted by Crippen LogP contribution is -2.26. The number of aliphatic hydroxyl groups excluding tert-OH is 1. The van der Waals surface area contributed by atoms with Crippen LogP contribution in [0.1, 0.15) is 26.2 Å². The van der Waals surface area contributed by atoms with E-state index < -0.39 is 0 Å². The van der Waals surface area contributed by atoms with Gasteiger partial charge in [-0.15, -0.1) is 11.8 Å². The summed E-state index contributed by atoms with van der Waals surface area (Å²) < 4.78 is 10.8. The molecule has 1 aliphatic carbocycles. The molecule has 5 heteroatoms. The number of aliphatic hydroxyl groups is 1. The zero-order chi connectivity index (χ0) is 16.7. The van der Waals surface area contributed by atoms with Gasteiger partial charge in [0.25, 0.3) is 0 Å². The van der Waals surface area contributed by atoms with Crippen molar-refractivity contribution in [3.63, 3.8) is 0 Å². The summed E-state index contributed by atoms with van der Waals surface area (Å²) >= 11 is 1.59. The highest BCUT2D eigenvalue weighted by atomic mass is 32.2. The van der Waals surface area contributed by atoms with Crippen LogP contribution in [0.25, 0.3) is 0 Å². The largest absolute Gasteiger partial charge is 0.508 e. The molecule has 0 spiro atoms. The van der Waals surface area contributed by atoms with Crippen molar-refractivity contribution in [2.24, 2.45) is 0 Å². The maximum absolute atomic E-state index is 12.1. The fraction of sp³-hybridized carbons (Fsp3) is 0.389. The van der Waals surface area contributed by atoms with Crippen molar-refractivity contribution in [1.82, 2.24) is 0 Å². The highest BCUT2D eigenvalue weighted by Crippen LogP contribution is 2.35. The Bertz CT molecular complexity index is 592. The van der Waals surface area contributed by atoms with Crippen molar-refractivity contribution < 1.29 is 19.4 Å². The Labute approximate surface area is 141 Å². The second kappa shape index (κ2) is 8.67. The van der Waals surface area contributed by atoms with Crippen LogP contribution in [0.15, 0.2) is 53.5 Å². The van der Waals surface area contributed by atoms with Gasteiger partial charge in [0, 0.05) is 6.42 Å². The molecule has 124 valence electrons. The molecule has 23 heavy (non-hydrogen) atoms. The number of hydrogen-bond acceptors (Lipinski definition) is 5. The lowest BCUT2D eigenvalue weighted by atomic mass is 10.0. The van der Waals surface area contributed by atoms with Gasteiger partial charge in [0.05, 0.1) is 17.9 Å². The number of benzene rings is 1. The van der Waals surface area contributed by atoms with Crippen LogP contribution in [0.2, 0.25) is 0 Å². The number of para-hydroxylation sites is 1. The van der Waals surface area contributed by atoms with Gasteiger partial charge in [-0.05, 0) is 24.3 Å². The molecular formula is C18H22O4S. The van der Waals surface area contributed by atoms with Gasteiger partial charge in [0.15, 0.2) is 5.76 Å². The molecule has 0 bridgehead atoms. The molecule has 1 aromatic rings. The highest BCUT2D eigenvalue weighted by molar-refractivity contribution is 8.00. The van der Waals surface area contributed by atoms with E-state index in [0.29, 0.717) is 17.1 Å². The average Bonchev–Trinajstić information content (AvgIpc) is 2.58. The van der Waals surface area contributed by atoms with E-state index in [1.54, 1.807) is 17.8 Å². The van der Waals surface area contributed by atoms with Gasteiger partial charge in [-0.3, -0.25) is 0 Å². The quantitative estimate of drug-likeness (QED) is 0.597. The summed E-state index contributed by atoms with van der Waals surface area (Å²) in [5.74, 6) is 1.74. The zero-order valence-electron chi connectivity index (χ0n) is 13.5. The Morgan fingerprint density at radius 3 is 2.74 bits per heavy atom. The van der Waals surface area contributed by atoms with Crippen LogP contribution >= 0.6 is 11.8 Å². The van der Waals surface area contributed by atoms with Crippen molar-refractivity contribution in [3.8, 4) is 5.75 Å². The maximum Gasteiger partial charge on any atom is 0.335 e. The molecule has 2 rings (SSSR count). The summed E-state index contributed by atoms with van der Waals surface area (Å²) in [5, 5.41) is 9.93. The van der Waals surface area contributed by atoms with Crippen LogP contribution < -0.4 is 4.74 Å². The molecular weight excluding hydrogens is 312 g/mol. The smallest absolute Gasteiger partial charge is 0.335 e.